The number of halogens is 3. The number of thiol groups is 1. The third-order valence-electron chi connectivity index (χ3n) is 7.38. The van der Waals surface area contributed by atoms with Crippen LogP contribution in [0.4, 0.5) is 35.9 Å². The largest absolute Gasteiger partial charge is 0.471 e. The zero-order valence-electron chi connectivity index (χ0n) is 26.4. The number of nitrogens with zero attached hydrogens (tertiary/aromatic N) is 6. The molecule has 0 unspecified atom stereocenters. The molecule has 0 saturated carbocycles. The first-order valence-electron chi connectivity index (χ1n) is 14.8. The number of carbonyl (C=O) groups is 2. The Morgan fingerprint density at radius 1 is 1.10 bits per heavy atom. The van der Waals surface area contributed by atoms with E-state index in [1.165, 1.54) is 30.0 Å². The summed E-state index contributed by atoms with van der Waals surface area (Å²) in [4.78, 5) is 35.6. The molecule has 0 bridgehead atoms. The Hall–Kier alpha value is -4.92. The number of benzene rings is 3. The van der Waals surface area contributed by atoms with E-state index >= 15 is 0 Å². The van der Waals surface area contributed by atoms with Crippen molar-refractivity contribution < 1.29 is 22.8 Å². The van der Waals surface area contributed by atoms with Crippen molar-refractivity contribution in [1.82, 2.24) is 4.90 Å². The molecular weight excluding hydrogens is 660 g/mol. The lowest BCUT2D eigenvalue weighted by Crippen LogP contribution is -2.41. The normalized spacial score (nSPS) is 14.8. The molecule has 14 heteroatoms. The molecule has 0 spiro atoms. The molecule has 3 aromatic carbocycles. The van der Waals surface area contributed by atoms with Gasteiger partial charge in [-0.1, -0.05) is 30.3 Å². The summed E-state index contributed by atoms with van der Waals surface area (Å²) >= 11 is 5.70. The van der Waals surface area contributed by atoms with Gasteiger partial charge in [-0.2, -0.15) is 23.7 Å². The van der Waals surface area contributed by atoms with Crippen LogP contribution in [-0.2, 0) is 16.1 Å². The number of rotatable bonds is 11. The topological polar surface area (TPSA) is 116 Å². The van der Waals surface area contributed by atoms with Gasteiger partial charge in [-0.05, 0) is 74.0 Å². The van der Waals surface area contributed by atoms with E-state index in [0.717, 1.165) is 5.56 Å². The number of hydrogen-bond donors (Lipinski definition) is 2. The molecule has 9 nitrogen and oxygen atoms in total. The van der Waals surface area contributed by atoms with Crippen LogP contribution < -0.4 is 15.1 Å². The maximum Gasteiger partial charge on any atom is 0.471 e. The second kappa shape index (κ2) is 15.8. The van der Waals surface area contributed by atoms with Gasteiger partial charge in [0.1, 0.15) is 0 Å². The number of amides is 2. The lowest BCUT2D eigenvalue weighted by atomic mass is 10.2. The van der Waals surface area contributed by atoms with Gasteiger partial charge in [-0.3, -0.25) is 14.5 Å². The standard InChI is InChI=1S/C34H32F3N7O2S2/c1-4-40-26-14-12-24(20-39)18-27(26)41-33-44(21-23-10-6-5-7-11-23)31(45)30(48-33)22(2)42(3)28-15-13-25(19-29(28)47)43(17-9-8-16-38)32(46)34(35,36)37/h5-7,10-15,18-19,40,47H,4,8-9,17,21H2,1-3H3/b30-22+,41-33?. The van der Waals surface area contributed by atoms with Gasteiger partial charge in [0, 0.05) is 42.8 Å². The number of carbonyl (C=O) groups excluding carboxylic acids is 2. The highest BCUT2D eigenvalue weighted by Crippen LogP contribution is 2.40. The van der Waals surface area contributed by atoms with Crippen molar-refractivity contribution in [2.24, 2.45) is 4.99 Å². The van der Waals surface area contributed by atoms with Gasteiger partial charge in [0.15, 0.2) is 5.17 Å². The van der Waals surface area contributed by atoms with Crippen molar-refractivity contribution in [1.29, 1.82) is 10.5 Å². The van der Waals surface area contributed by atoms with E-state index in [2.05, 4.69) is 24.0 Å². The summed E-state index contributed by atoms with van der Waals surface area (Å²) in [6.07, 6.45) is -5.05. The number of hydrogen-bond acceptors (Lipinski definition) is 9. The number of alkyl halides is 3. The number of unbranched alkanes of at least 4 members (excludes halogenated alkanes) is 1. The molecule has 1 heterocycles. The number of allylic oxidation sites excluding steroid dienone is 1. The zero-order chi connectivity index (χ0) is 35.0. The van der Waals surface area contributed by atoms with E-state index in [1.807, 2.05) is 43.3 Å². The molecule has 0 aliphatic carbocycles. The molecule has 1 saturated heterocycles. The summed E-state index contributed by atoms with van der Waals surface area (Å²) in [5, 5.41) is 22.0. The summed E-state index contributed by atoms with van der Waals surface area (Å²) in [5.74, 6) is -2.34. The Kier molecular flexibility index (Phi) is 11.8. The average Bonchev–Trinajstić information content (AvgIpc) is 3.36. The number of nitriles is 2. The van der Waals surface area contributed by atoms with Crippen molar-refractivity contribution in [2.45, 2.75) is 44.3 Å². The van der Waals surface area contributed by atoms with Crippen molar-refractivity contribution >= 4 is 64.1 Å². The first-order chi connectivity index (χ1) is 22.9. The first kappa shape index (κ1) is 35.9. The summed E-state index contributed by atoms with van der Waals surface area (Å²) in [6.45, 7) is 4.24. The molecule has 0 atom stereocenters. The Balaban J connectivity index is 1.73. The van der Waals surface area contributed by atoms with E-state index in [-0.39, 0.29) is 42.4 Å². The molecule has 0 radical (unpaired) electrons. The van der Waals surface area contributed by atoms with Gasteiger partial charge in [-0.15, -0.1) is 12.6 Å². The van der Waals surface area contributed by atoms with Gasteiger partial charge in [0.2, 0.25) is 0 Å². The van der Waals surface area contributed by atoms with Crippen molar-refractivity contribution in [2.75, 3.05) is 35.3 Å². The van der Waals surface area contributed by atoms with Gasteiger partial charge < -0.3 is 15.1 Å². The maximum atomic E-state index is 14.0. The monoisotopic (exact) mass is 691 g/mol. The van der Waals surface area contributed by atoms with Gasteiger partial charge >= 0.3 is 12.1 Å². The van der Waals surface area contributed by atoms with Gasteiger partial charge in [0.25, 0.3) is 5.91 Å². The number of nitrogens with one attached hydrogen (secondary N) is 1. The molecule has 0 aromatic heterocycles. The van der Waals surface area contributed by atoms with Crippen molar-refractivity contribution in [3.63, 3.8) is 0 Å². The molecule has 1 aliphatic rings. The molecule has 1 N–H and O–H groups in total. The summed E-state index contributed by atoms with van der Waals surface area (Å²) in [5.41, 5.74) is 3.49. The Bertz CT molecular complexity index is 1830. The highest BCUT2D eigenvalue weighted by Gasteiger charge is 2.43. The van der Waals surface area contributed by atoms with Crippen molar-refractivity contribution in [3.8, 4) is 12.1 Å². The van der Waals surface area contributed by atoms with E-state index < -0.39 is 12.1 Å². The fourth-order valence-electron chi connectivity index (χ4n) is 4.87. The number of amidine groups is 1. The van der Waals surface area contributed by atoms with Crippen LogP contribution in [0.5, 0.6) is 0 Å². The fraction of sp³-hybridized carbons (Fsp3) is 0.265. The number of anilines is 3. The molecular formula is C34H32F3N7O2S2. The molecule has 248 valence electrons. The highest BCUT2D eigenvalue weighted by atomic mass is 32.2. The van der Waals surface area contributed by atoms with E-state index in [4.69, 9.17) is 10.3 Å². The molecule has 2 amide bonds. The number of aliphatic imine (C=N–C) groups is 1. The summed E-state index contributed by atoms with van der Waals surface area (Å²) in [6, 6.07) is 22.8. The van der Waals surface area contributed by atoms with Crippen LogP contribution in [0.15, 0.2) is 87.2 Å². The predicted octanol–water partition coefficient (Wildman–Crippen LogP) is 7.61. The molecule has 4 rings (SSSR count). The van der Waals surface area contributed by atoms with Gasteiger partial charge in [-0.25, -0.2) is 4.99 Å². The minimum atomic E-state index is -5.10. The lowest BCUT2D eigenvalue weighted by molar-refractivity contribution is -0.170. The Labute approximate surface area is 286 Å². The first-order valence-corrected chi connectivity index (χ1v) is 16.1. The maximum absolute atomic E-state index is 14.0. The predicted molar refractivity (Wildman–Crippen MR) is 185 cm³/mol. The van der Waals surface area contributed by atoms with E-state index in [9.17, 15) is 28.0 Å². The van der Waals surface area contributed by atoms with Crippen LogP contribution in [0, 0.1) is 22.7 Å². The summed E-state index contributed by atoms with van der Waals surface area (Å²) < 4.78 is 40.2. The zero-order valence-corrected chi connectivity index (χ0v) is 28.1. The van der Waals surface area contributed by atoms with Crippen LogP contribution in [0.2, 0.25) is 0 Å². The SMILES string of the molecule is CCNc1ccc(C#N)cc1N=C1S/C(=C(\C)N(C)c2ccc(N(CCCC#N)C(=O)C(F)(F)F)cc2S)C(=O)N1Cc1ccccc1. The van der Waals surface area contributed by atoms with Crippen LogP contribution in [0.3, 0.4) is 0 Å². The average molecular weight is 692 g/mol. The molecule has 3 aromatic rings. The smallest absolute Gasteiger partial charge is 0.384 e. The van der Waals surface area contributed by atoms with Crippen LogP contribution >= 0.6 is 24.4 Å². The van der Waals surface area contributed by atoms with Crippen LogP contribution in [0.1, 0.15) is 37.8 Å². The highest BCUT2D eigenvalue weighted by molar-refractivity contribution is 8.18. The third kappa shape index (κ3) is 8.32. The minimum Gasteiger partial charge on any atom is -0.384 e. The Morgan fingerprint density at radius 2 is 1.83 bits per heavy atom. The number of thioether (sulfide) groups is 1. The van der Waals surface area contributed by atoms with Gasteiger partial charge in [0.05, 0.1) is 46.2 Å². The quantitative estimate of drug-likeness (QED) is 0.121. The van der Waals surface area contributed by atoms with Crippen LogP contribution in [0.25, 0.3) is 0 Å². The fourth-order valence-corrected chi connectivity index (χ4v) is 6.29. The molecule has 1 aliphatic heterocycles. The van der Waals surface area contributed by atoms with E-state index in [1.54, 1.807) is 42.0 Å². The van der Waals surface area contributed by atoms with E-state index in [0.29, 0.717) is 49.8 Å². The second-order valence-corrected chi connectivity index (χ2v) is 12.1. The second-order valence-electron chi connectivity index (χ2n) is 10.6. The Morgan fingerprint density at radius 3 is 2.46 bits per heavy atom. The van der Waals surface area contributed by atoms with Crippen molar-refractivity contribution in [3.05, 3.63) is 88.5 Å². The van der Waals surface area contributed by atoms with Crippen LogP contribution in [-0.4, -0.2) is 48.2 Å². The summed E-state index contributed by atoms with van der Waals surface area (Å²) in [7, 11) is 1.70. The minimum absolute atomic E-state index is 0.0125. The molecule has 1 fully saturated rings. The lowest BCUT2D eigenvalue weighted by Gasteiger charge is -2.27. The molecule has 48 heavy (non-hydrogen) atoms. The third-order valence-corrected chi connectivity index (χ3v) is 8.91.